The number of carbonyl (C=O) groups excluding carboxylic acids is 4. The molecular weight excluding hydrogens is 773 g/mol. The van der Waals surface area contributed by atoms with Gasteiger partial charge in [0.05, 0.1) is 59.5 Å². The Kier molecular flexibility index (Phi) is 32.5. The van der Waals surface area contributed by atoms with E-state index in [1.165, 1.54) is 0 Å². The highest BCUT2D eigenvalue weighted by molar-refractivity contribution is 7.53. The van der Waals surface area contributed by atoms with Crippen LogP contribution in [0.3, 0.4) is 0 Å². The second-order valence-electron chi connectivity index (χ2n) is 14.2. The number of hydrogen-bond donors (Lipinski definition) is 3. The number of unbranched alkanes of at least 4 members (excludes halogenated alkanes) is 1. The van der Waals surface area contributed by atoms with Crippen LogP contribution in [-0.2, 0) is 56.7 Å². The number of rotatable bonds is 38. The maximum atomic E-state index is 13.5. The van der Waals surface area contributed by atoms with E-state index in [2.05, 4.69) is 33.7 Å². The smallest absolute Gasteiger partial charge is 0.220 e. The second kappa shape index (κ2) is 34.5. The van der Waals surface area contributed by atoms with Crippen LogP contribution in [0.1, 0.15) is 91.4 Å². The Labute approximate surface area is 346 Å². The third-order valence-electron chi connectivity index (χ3n) is 8.38. The summed E-state index contributed by atoms with van der Waals surface area (Å²) in [6.07, 6.45) is 17.4. The molecular formula is C41H67N3O13P-. The van der Waals surface area contributed by atoms with Gasteiger partial charge >= 0.3 is 0 Å². The molecule has 0 spiro atoms. The highest BCUT2D eigenvalue weighted by atomic mass is 31.2. The summed E-state index contributed by atoms with van der Waals surface area (Å²) in [6, 6.07) is 0. The third-order valence-corrected chi connectivity index (χ3v) is 10.5. The zero-order valence-corrected chi connectivity index (χ0v) is 35.8. The number of nitrogens with one attached hydrogen (secondary N) is 3. The van der Waals surface area contributed by atoms with Crippen molar-refractivity contribution in [2.45, 2.75) is 102 Å². The van der Waals surface area contributed by atoms with Gasteiger partial charge in [0.2, 0.25) is 17.7 Å². The van der Waals surface area contributed by atoms with Gasteiger partial charge in [-0.15, -0.1) is 19.3 Å². The van der Waals surface area contributed by atoms with Crippen LogP contribution in [0.4, 0.5) is 0 Å². The topological polar surface area (TPSA) is 209 Å². The second-order valence-corrected chi connectivity index (χ2v) is 16.8. The van der Waals surface area contributed by atoms with Crippen LogP contribution in [0.25, 0.3) is 0 Å². The SMILES string of the molecule is C#CCOCCOCCCC(=O)CCC(CCC(=O)NCCOCCOCC#C)(CCC(=O)NCCOCCOCC#C)NC(=O)CCCCOP(=O)([O-])C(C)(C)C. The lowest BCUT2D eigenvalue weighted by molar-refractivity contribution is -0.204. The number of terminal acetylenes is 3. The number of ether oxygens (including phenoxy) is 6. The van der Waals surface area contributed by atoms with Crippen molar-refractivity contribution in [3.8, 4) is 37.0 Å². The van der Waals surface area contributed by atoms with Crippen molar-refractivity contribution < 1.29 is 61.6 Å². The minimum Gasteiger partial charge on any atom is -0.778 e. The molecule has 0 saturated carbocycles. The van der Waals surface area contributed by atoms with Gasteiger partial charge in [0.25, 0.3) is 0 Å². The van der Waals surface area contributed by atoms with Crippen LogP contribution >= 0.6 is 7.60 Å². The predicted octanol–water partition coefficient (Wildman–Crippen LogP) is 2.30. The lowest BCUT2D eigenvalue weighted by atomic mass is 9.82. The van der Waals surface area contributed by atoms with Gasteiger partial charge in [-0.2, -0.15) is 0 Å². The van der Waals surface area contributed by atoms with Crippen LogP contribution in [0.5, 0.6) is 0 Å². The number of hydrogen-bond acceptors (Lipinski definition) is 13. The van der Waals surface area contributed by atoms with Crippen molar-refractivity contribution in [2.24, 2.45) is 0 Å². The Morgan fingerprint density at radius 1 is 0.552 bits per heavy atom. The summed E-state index contributed by atoms with van der Waals surface area (Å²) in [6.45, 7) is 8.36. The van der Waals surface area contributed by atoms with Gasteiger partial charge in [0.15, 0.2) is 0 Å². The molecule has 0 rings (SSSR count). The Bertz CT molecular complexity index is 1220. The molecule has 0 saturated heterocycles. The molecule has 0 radical (unpaired) electrons. The average Bonchev–Trinajstić information content (AvgIpc) is 3.17. The summed E-state index contributed by atoms with van der Waals surface area (Å²) in [5, 5.41) is 7.61. The van der Waals surface area contributed by atoms with Gasteiger partial charge < -0.3 is 58.4 Å². The minimum absolute atomic E-state index is 0.00796. The van der Waals surface area contributed by atoms with E-state index in [1.807, 2.05) is 0 Å². The van der Waals surface area contributed by atoms with E-state index in [-0.39, 0.29) is 128 Å². The fourth-order valence-corrected chi connectivity index (χ4v) is 5.78. The van der Waals surface area contributed by atoms with Crippen molar-refractivity contribution in [1.29, 1.82) is 0 Å². The summed E-state index contributed by atoms with van der Waals surface area (Å²) in [4.78, 5) is 64.9. The molecule has 0 heterocycles. The average molecular weight is 841 g/mol. The zero-order chi connectivity index (χ0) is 43.4. The van der Waals surface area contributed by atoms with E-state index in [9.17, 15) is 28.6 Å². The summed E-state index contributed by atoms with van der Waals surface area (Å²) in [5.74, 6) is 6.07. The molecule has 0 aliphatic carbocycles. The zero-order valence-electron chi connectivity index (χ0n) is 34.9. The van der Waals surface area contributed by atoms with Crippen molar-refractivity contribution in [3.63, 3.8) is 0 Å². The molecule has 17 heteroatoms. The molecule has 1 atom stereocenters. The molecule has 0 aliphatic heterocycles. The first kappa shape index (κ1) is 54.7. The van der Waals surface area contributed by atoms with E-state index >= 15 is 0 Å². The maximum absolute atomic E-state index is 13.5. The molecule has 0 aromatic carbocycles. The highest BCUT2D eigenvalue weighted by Crippen LogP contribution is 2.50. The van der Waals surface area contributed by atoms with Crippen LogP contribution < -0.4 is 20.8 Å². The molecule has 58 heavy (non-hydrogen) atoms. The first-order valence-corrected chi connectivity index (χ1v) is 21.3. The van der Waals surface area contributed by atoms with Gasteiger partial charge in [-0.1, -0.05) is 38.5 Å². The molecule has 16 nitrogen and oxygen atoms in total. The van der Waals surface area contributed by atoms with Gasteiger partial charge in [0.1, 0.15) is 33.2 Å². The van der Waals surface area contributed by atoms with Crippen LogP contribution in [0.2, 0.25) is 0 Å². The van der Waals surface area contributed by atoms with E-state index < -0.39 is 18.3 Å². The van der Waals surface area contributed by atoms with E-state index in [4.69, 9.17) is 52.2 Å². The van der Waals surface area contributed by atoms with Crippen LogP contribution in [0.15, 0.2) is 0 Å². The molecule has 0 bridgehead atoms. The standard InChI is InChI=1S/C41H68N3O13P/c1-7-23-51-30-33-54-26-12-13-36(45)15-18-41(19-16-37(46)42-21-28-55-34-31-52-24-8-2,20-17-38(47)43-22-29-56-35-32-53-25-9-3)44-39(48)14-10-11-27-57-58(49,50)40(4,5)6/h1-3H,10-35H2,4-6H3,(H,42,46)(H,43,47)(H,44,48)(H,49,50)/p-1. The Morgan fingerprint density at radius 2 is 1.00 bits per heavy atom. The van der Waals surface area contributed by atoms with Crippen molar-refractivity contribution in [3.05, 3.63) is 0 Å². The van der Waals surface area contributed by atoms with Crippen LogP contribution in [0, 0.1) is 37.0 Å². The lowest BCUT2D eigenvalue weighted by Crippen LogP contribution is -2.50. The largest absolute Gasteiger partial charge is 0.778 e. The lowest BCUT2D eigenvalue weighted by Gasteiger charge is -2.36. The molecule has 0 aliphatic rings. The number of carbonyl (C=O) groups is 4. The van der Waals surface area contributed by atoms with E-state index in [1.54, 1.807) is 20.8 Å². The number of Topliss-reactive ketones (excluding diaryl/α,β-unsaturated/α-hetero) is 1. The van der Waals surface area contributed by atoms with E-state index in [0.717, 1.165) is 0 Å². The van der Waals surface area contributed by atoms with Gasteiger partial charge in [-0.25, -0.2) is 0 Å². The normalized spacial score (nSPS) is 12.4. The predicted molar refractivity (Wildman–Crippen MR) is 217 cm³/mol. The fraction of sp³-hybridized carbons (Fsp3) is 0.756. The quantitative estimate of drug-likeness (QED) is 0.0464. The first-order valence-electron chi connectivity index (χ1n) is 19.8. The Balaban J connectivity index is 5.67. The maximum Gasteiger partial charge on any atom is 0.220 e. The summed E-state index contributed by atoms with van der Waals surface area (Å²) in [7, 11) is -4.10. The summed E-state index contributed by atoms with van der Waals surface area (Å²) in [5.41, 5.74) is -1.10. The molecule has 0 aromatic heterocycles. The molecule has 3 amide bonds. The summed E-state index contributed by atoms with van der Waals surface area (Å²) >= 11 is 0. The Morgan fingerprint density at radius 3 is 1.47 bits per heavy atom. The highest BCUT2D eigenvalue weighted by Gasteiger charge is 2.33. The van der Waals surface area contributed by atoms with Crippen molar-refractivity contribution in [1.82, 2.24) is 16.0 Å². The monoisotopic (exact) mass is 840 g/mol. The molecule has 330 valence electrons. The number of amides is 3. The van der Waals surface area contributed by atoms with Crippen molar-refractivity contribution >= 4 is 31.1 Å². The van der Waals surface area contributed by atoms with E-state index in [0.29, 0.717) is 65.5 Å². The molecule has 3 N–H and O–H groups in total. The number of ketones is 1. The first-order chi connectivity index (χ1) is 27.7. The molecule has 0 fully saturated rings. The minimum atomic E-state index is -4.10. The van der Waals surface area contributed by atoms with Crippen molar-refractivity contribution in [2.75, 3.05) is 99.0 Å². The Hall–Kier alpha value is -3.33. The van der Waals surface area contributed by atoms with Gasteiger partial charge in [-0.05, 0) is 38.5 Å². The third kappa shape index (κ3) is 30.7. The van der Waals surface area contributed by atoms with Gasteiger partial charge in [-0.3, -0.25) is 19.2 Å². The molecule has 1 unspecified atom stereocenters. The van der Waals surface area contributed by atoms with Gasteiger partial charge in [0, 0.05) is 62.5 Å². The fourth-order valence-electron chi connectivity index (χ4n) is 5.02. The van der Waals surface area contributed by atoms with Crippen LogP contribution in [-0.4, -0.2) is 133 Å². The molecule has 0 aromatic rings. The summed E-state index contributed by atoms with van der Waals surface area (Å²) < 4.78 is 49.4.